The standard InChI is InChI=1S/C20H20N4O4/c1-13-4-6-14(7-5-13)19-22-20(28-23-19)15-8-9-17(18(11-15)24(25)26)21-12-16-3-2-10-27-16/h4-9,11,16,21H,2-3,10,12H2,1H3/t16-/m1/s1. The average molecular weight is 380 g/mol. The molecule has 2 heterocycles. The van der Waals surface area contributed by atoms with E-state index < -0.39 is 4.92 Å². The second kappa shape index (κ2) is 7.77. The van der Waals surface area contributed by atoms with E-state index >= 15 is 0 Å². The molecule has 0 spiro atoms. The van der Waals surface area contributed by atoms with E-state index in [0.29, 0.717) is 23.6 Å². The molecule has 1 N–H and O–H groups in total. The maximum atomic E-state index is 11.5. The van der Waals surface area contributed by atoms with Crippen molar-refractivity contribution in [1.82, 2.24) is 10.1 Å². The van der Waals surface area contributed by atoms with Gasteiger partial charge in [0.2, 0.25) is 5.82 Å². The molecule has 1 aromatic heterocycles. The molecule has 1 aliphatic rings. The third kappa shape index (κ3) is 3.86. The van der Waals surface area contributed by atoms with Crippen LogP contribution < -0.4 is 5.32 Å². The van der Waals surface area contributed by atoms with Gasteiger partial charge in [0.15, 0.2) is 0 Å². The summed E-state index contributed by atoms with van der Waals surface area (Å²) >= 11 is 0. The Morgan fingerprint density at radius 1 is 1.21 bits per heavy atom. The van der Waals surface area contributed by atoms with Gasteiger partial charge in [0, 0.05) is 30.3 Å². The Kier molecular flexibility index (Phi) is 5.03. The molecule has 0 unspecified atom stereocenters. The summed E-state index contributed by atoms with van der Waals surface area (Å²) in [6.07, 6.45) is 2.07. The van der Waals surface area contributed by atoms with Gasteiger partial charge in [-0.15, -0.1) is 0 Å². The highest BCUT2D eigenvalue weighted by atomic mass is 16.6. The van der Waals surface area contributed by atoms with Gasteiger partial charge < -0.3 is 14.6 Å². The Labute approximate surface area is 161 Å². The Bertz CT molecular complexity index is 978. The summed E-state index contributed by atoms with van der Waals surface area (Å²) in [5.41, 5.74) is 2.87. The molecule has 3 aromatic rings. The Hall–Kier alpha value is -3.26. The zero-order chi connectivity index (χ0) is 19.5. The SMILES string of the molecule is Cc1ccc(-c2noc(-c3ccc(NC[C@H]4CCCO4)c([N+](=O)[O-])c3)n2)cc1. The lowest BCUT2D eigenvalue weighted by atomic mass is 10.1. The van der Waals surface area contributed by atoms with Crippen LogP contribution in [0.25, 0.3) is 22.8 Å². The molecule has 4 rings (SSSR count). The van der Waals surface area contributed by atoms with E-state index in [1.54, 1.807) is 12.1 Å². The molecule has 1 saturated heterocycles. The van der Waals surface area contributed by atoms with Crippen molar-refractivity contribution < 1.29 is 14.2 Å². The Morgan fingerprint density at radius 3 is 2.71 bits per heavy atom. The van der Waals surface area contributed by atoms with Gasteiger partial charge in [0.05, 0.1) is 11.0 Å². The second-order valence-electron chi connectivity index (χ2n) is 6.79. The van der Waals surface area contributed by atoms with Gasteiger partial charge in [0.25, 0.3) is 11.6 Å². The molecule has 0 amide bonds. The number of aryl methyl sites for hydroxylation is 1. The third-order valence-corrected chi connectivity index (χ3v) is 4.72. The summed E-state index contributed by atoms with van der Waals surface area (Å²) in [6, 6.07) is 12.6. The van der Waals surface area contributed by atoms with Gasteiger partial charge in [-0.3, -0.25) is 10.1 Å². The van der Waals surface area contributed by atoms with Crippen molar-refractivity contribution in [3.05, 3.63) is 58.1 Å². The molecule has 144 valence electrons. The molecule has 0 aliphatic carbocycles. The summed E-state index contributed by atoms with van der Waals surface area (Å²) in [5.74, 6) is 0.683. The summed E-state index contributed by atoms with van der Waals surface area (Å²) < 4.78 is 10.9. The van der Waals surface area contributed by atoms with Crippen LogP contribution in [0.1, 0.15) is 18.4 Å². The van der Waals surface area contributed by atoms with Crippen molar-refractivity contribution in [2.75, 3.05) is 18.5 Å². The number of nitrogens with zero attached hydrogens (tertiary/aromatic N) is 3. The minimum absolute atomic E-state index is 0.0365. The van der Waals surface area contributed by atoms with Gasteiger partial charge >= 0.3 is 0 Å². The van der Waals surface area contributed by atoms with Crippen LogP contribution >= 0.6 is 0 Å². The second-order valence-corrected chi connectivity index (χ2v) is 6.79. The normalized spacial score (nSPS) is 16.2. The minimum Gasteiger partial charge on any atom is -0.377 e. The fraction of sp³-hybridized carbons (Fsp3) is 0.300. The number of nitrogens with one attached hydrogen (secondary N) is 1. The van der Waals surface area contributed by atoms with Crippen LogP contribution in [0.5, 0.6) is 0 Å². The van der Waals surface area contributed by atoms with Crippen LogP contribution in [0.2, 0.25) is 0 Å². The molecular weight excluding hydrogens is 360 g/mol. The number of benzene rings is 2. The van der Waals surface area contributed by atoms with Gasteiger partial charge in [-0.2, -0.15) is 4.98 Å². The molecule has 0 radical (unpaired) electrons. The number of anilines is 1. The zero-order valence-corrected chi connectivity index (χ0v) is 15.4. The number of hydrogen-bond donors (Lipinski definition) is 1. The Balaban J connectivity index is 1.57. The molecule has 1 aliphatic heterocycles. The minimum atomic E-state index is -0.418. The maximum absolute atomic E-state index is 11.5. The predicted octanol–water partition coefficient (Wildman–Crippen LogP) is 4.21. The van der Waals surface area contributed by atoms with Crippen LogP contribution in [0, 0.1) is 17.0 Å². The van der Waals surface area contributed by atoms with Gasteiger partial charge in [-0.1, -0.05) is 35.0 Å². The third-order valence-electron chi connectivity index (χ3n) is 4.72. The van der Waals surface area contributed by atoms with Crippen LogP contribution in [0.15, 0.2) is 47.0 Å². The van der Waals surface area contributed by atoms with Crippen molar-refractivity contribution in [2.45, 2.75) is 25.9 Å². The molecule has 1 fully saturated rings. The number of nitro benzene ring substituents is 1. The number of rotatable bonds is 6. The summed E-state index contributed by atoms with van der Waals surface area (Å²) in [7, 11) is 0. The van der Waals surface area contributed by atoms with Gasteiger partial charge in [-0.25, -0.2) is 0 Å². The summed E-state index contributed by atoms with van der Waals surface area (Å²) in [6.45, 7) is 3.28. The van der Waals surface area contributed by atoms with Crippen molar-refractivity contribution >= 4 is 11.4 Å². The first kappa shape index (κ1) is 18.1. The van der Waals surface area contributed by atoms with E-state index in [-0.39, 0.29) is 17.7 Å². The highest BCUT2D eigenvalue weighted by molar-refractivity contribution is 5.70. The van der Waals surface area contributed by atoms with Gasteiger partial charge in [-0.05, 0) is 31.9 Å². The molecule has 1 atom stereocenters. The van der Waals surface area contributed by atoms with E-state index in [2.05, 4.69) is 15.5 Å². The quantitative estimate of drug-likeness (QED) is 0.504. The highest BCUT2D eigenvalue weighted by Crippen LogP contribution is 2.31. The zero-order valence-electron chi connectivity index (χ0n) is 15.4. The van der Waals surface area contributed by atoms with Crippen LogP contribution in [-0.4, -0.2) is 34.3 Å². The first-order chi connectivity index (χ1) is 13.6. The smallest absolute Gasteiger partial charge is 0.293 e. The lowest BCUT2D eigenvalue weighted by Gasteiger charge is -2.12. The number of nitro groups is 1. The van der Waals surface area contributed by atoms with E-state index in [9.17, 15) is 10.1 Å². The topological polar surface area (TPSA) is 103 Å². The van der Waals surface area contributed by atoms with Crippen LogP contribution in [-0.2, 0) is 4.74 Å². The molecule has 0 saturated carbocycles. The lowest BCUT2D eigenvalue weighted by molar-refractivity contribution is -0.383. The molecule has 28 heavy (non-hydrogen) atoms. The molecule has 0 bridgehead atoms. The van der Waals surface area contributed by atoms with E-state index in [1.807, 2.05) is 31.2 Å². The predicted molar refractivity (Wildman–Crippen MR) is 104 cm³/mol. The van der Waals surface area contributed by atoms with E-state index in [4.69, 9.17) is 9.26 Å². The maximum Gasteiger partial charge on any atom is 0.293 e. The van der Waals surface area contributed by atoms with Crippen molar-refractivity contribution in [3.63, 3.8) is 0 Å². The van der Waals surface area contributed by atoms with Crippen molar-refractivity contribution in [3.8, 4) is 22.8 Å². The number of ether oxygens (including phenoxy) is 1. The number of hydrogen-bond acceptors (Lipinski definition) is 7. The first-order valence-corrected chi connectivity index (χ1v) is 9.15. The van der Waals surface area contributed by atoms with E-state index in [1.165, 1.54) is 6.07 Å². The summed E-state index contributed by atoms with van der Waals surface area (Å²) in [5, 5.41) is 18.6. The average Bonchev–Trinajstić information content (AvgIpc) is 3.39. The molecule has 2 aromatic carbocycles. The first-order valence-electron chi connectivity index (χ1n) is 9.15. The van der Waals surface area contributed by atoms with Gasteiger partial charge in [0.1, 0.15) is 5.69 Å². The monoisotopic (exact) mass is 380 g/mol. The number of aromatic nitrogens is 2. The summed E-state index contributed by atoms with van der Waals surface area (Å²) in [4.78, 5) is 15.5. The Morgan fingerprint density at radius 2 is 2.00 bits per heavy atom. The fourth-order valence-electron chi connectivity index (χ4n) is 3.15. The molecule has 8 nitrogen and oxygen atoms in total. The van der Waals surface area contributed by atoms with Crippen LogP contribution in [0.3, 0.4) is 0 Å². The van der Waals surface area contributed by atoms with Crippen molar-refractivity contribution in [2.24, 2.45) is 0 Å². The highest BCUT2D eigenvalue weighted by Gasteiger charge is 2.21. The fourth-order valence-corrected chi connectivity index (χ4v) is 3.15. The largest absolute Gasteiger partial charge is 0.377 e. The van der Waals surface area contributed by atoms with Crippen molar-refractivity contribution in [1.29, 1.82) is 0 Å². The lowest BCUT2D eigenvalue weighted by Crippen LogP contribution is -2.18. The van der Waals surface area contributed by atoms with E-state index in [0.717, 1.165) is 30.6 Å². The molecule has 8 heteroatoms. The van der Waals surface area contributed by atoms with Crippen LogP contribution in [0.4, 0.5) is 11.4 Å². The molecular formula is C20H20N4O4.